The van der Waals surface area contributed by atoms with Crippen molar-refractivity contribution in [2.24, 2.45) is 5.10 Å². The molecule has 0 radical (unpaired) electrons. The summed E-state index contributed by atoms with van der Waals surface area (Å²) in [6.07, 6.45) is -4.50. The number of urea groups is 1. The van der Waals surface area contributed by atoms with Crippen molar-refractivity contribution < 1.29 is 22.7 Å². The Kier molecular flexibility index (Phi) is 6.57. The van der Waals surface area contributed by atoms with E-state index in [4.69, 9.17) is 16.3 Å². The number of amides is 2. The third-order valence-corrected chi connectivity index (χ3v) is 6.17. The van der Waals surface area contributed by atoms with Gasteiger partial charge in [0.2, 0.25) is 0 Å². The molecule has 0 aliphatic carbocycles. The van der Waals surface area contributed by atoms with E-state index in [0.29, 0.717) is 33.6 Å². The normalized spacial score (nSPS) is 18.0. The number of carbonyl (C=O) groups excluding carboxylic acids is 1. The molecule has 12 heteroatoms. The Bertz CT molecular complexity index is 1320. The van der Waals surface area contributed by atoms with Crippen molar-refractivity contribution in [3.05, 3.63) is 88.9 Å². The van der Waals surface area contributed by atoms with E-state index >= 15 is 0 Å². The van der Waals surface area contributed by atoms with Gasteiger partial charge in [-0.15, -0.1) is 10.2 Å². The molecule has 0 bridgehead atoms. The largest absolute Gasteiger partial charge is 0.457 e. The number of hydrazine groups is 2. The first-order chi connectivity index (χ1) is 17.7. The Balaban J connectivity index is 1.43. The van der Waals surface area contributed by atoms with Gasteiger partial charge in [-0.05, 0) is 66.2 Å². The minimum Gasteiger partial charge on any atom is -0.457 e. The Morgan fingerprint density at radius 2 is 1.73 bits per heavy atom. The number of amidine groups is 1. The maximum Gasteiger partial charge on any atom is 0.416 e. The van der Waals surface area contributed by atoms with Gasteiger partial charge in [0.15, 0.2) is 5.84 Å². The number of carbonyl (C=O) groups is 1. The number of rotatable bonds is 6. The van der Waals surface area contributed by atoms with Crippen LogP contribution in [0.2, 0.25) is 5.02 Å². The van der Waals surface area contributed by atoms with E-state index in [1.165, 1.54) is 21.0 Å². The molecule has 1 fully saturated rings. The van der Waals surface area contributed by atoms with Crippen LogP contribution in [0, 0.1) is 0 Å². The predicted octanol–water partition coefficient (Wildman–Crippen LogP) is 5.40. The van der Waals surface area contributed by atoms with Crippen molar-refractivity contribution in [3.63, 3.8) is 0 Å². The first-order valence-electron chi connectivity index (χ1n) is 11.3. The fraction of sp³-hybridized carbons (Fsp3) is 0.200. The number of alkyl halides is 3. The zero-order valence-electron chi connectivity index (χ0n) is 19.5. The number of hydrogen-bond donors (Lipinski definition) is 2. The molecule has 0 saturated carbocycles. The zero-order chi connectivity index (χ0) is 26.2. The molecule has 192 valence electrons. The number of benzene rings is 3. The highest BCUT2D eigenvalue weighted by molar-refractivity contribution is 6.30. The van der Waals surface area contributed by atoms with E-state index in [1.807, 2.05) is 0 Å². The number of nitrogens with zero attached hydrogens (tertiary/aromatic N) is 4. The summed E-state index contributed by atoms with van der Waals surface area (Å²) in [7, 11) is 1.72. The van der Waals surface area contributed by atoms with Gasteiger partial charge in [0, 0.05) is 24.3 Å². The molecule has 2 N–H and O–H groups in total. The van der Waals surface area contributed by atoms with E-state index in [2.05, 4.69) is 16.1 Å². The average molecular weight is 531 g/mol. The van der Waals surface area contributed by atoms with Crippen LogP contribution in [0.5, 0.6) is 11.5 Å². The fourth-order valence-corrected chi connectivity index (χ4v) is 4.32. The highest BCUT2D eigenvalue weighted by Gasteiger charge is 2.41. The van der Waals surface area contributed by atoms with Crippen molar-refractivity contribution >= 4 is 29.2 Å². The summed E-state index contributed by atoms with van der Waals surface area (Å²) in [4.78, 5) is 16.5. The van der Waals surface area contributed by atoms with Crippen LogP contribution in [0.15, 0.2) is 77.9 Å². The van der Waals surface area contributed by atoms with Crippen molar-refractivity contribution in [2.75, 3.05) is 25.0 Å². The lowest BCUT2D eigenvalue weighted by Gasteiger charge is -2.24. The van der Waals surface area contributed by atoms with Crippen molar-refractivity contribution in [2.45, 2.75) is 12.2 Å². The van der Waals surface area contributed by atoms with Crippen LogP contribution >= 0.6 is 11.6 Å². The second-order valence-electron chi connectivity index (χ2n) is 8.55. The monoisotopic (exact) mass is 530 g/mol. The van der Waals surface area contributed by atoms with E-state index in [9.17, 15) is 18.0 Å². The summed E-state index contributed by atoms with van der Waals surface area (Å²) in [5.41, 5.74) is 5.80. The number of halogens is 4. The molecule has 8 nitrogen and oxygen atoms in total. The van der Waals surface area contributed by atoms with Crippen LogP contribution in [0.1, 0.15) is 17.2 Å². The third-order valence-electron chi connectivity index (χ3n) is 5.92. The van der Waals surface area contributed by atoms with Crippen molar-refractivity contribution in [3.8, 4) is 11.5 Å². The number of nitrogens with one attached hydrogen (secondary N) is 2. The SMILES string of the molecule is CN1NN=C(CN2CC(c3cccc(C(F)(F)F)c3)N(c3ccc(Oc4ccc(Cl)cc4)cc3)C2=O)N1. The molecule has 2 amide bonds. The molecular formula is C25H22ClF3N6O2. The van der Waals surface area contributed by atoms with Gasteiger partial charge in [-0.1, -0.05) is 23.7 Å². The molecule has 37 heavy (non-hydrogen) atoms. The van der Waals surface area contributed by atoms with Crippen molar-refractivity contribution in [1.82, 2.24) is 21.0 Å². The molecule has 3 aromatic rings. The highest BCUT2D eigenvalue weighted by Crippen LogP contribution is 2.38. The van der Waals surface area contributed by atoms with E-state index < -0.39 is 17.8 Å². The third kappa shape index (κ3) is 5.42. The number of hydrazone groups is 1. The predicted molar refractivity (Wildman–Crippen MR) is 133 cm³/mol. The van der Waals surface area contributed by atoms with Crippen LogP contribution in [-0.4, -0.2) is 42.0 Å². The molecule has 5 rings (SSSR count). The average Bonchev–Trinajstić information content (AvgIpc) is 3.43. The Morgan fingerprint density at radius 1 is 1.05 bits per heavy atom. The molecule has 2 aliphatic heterocycles. The van der Waals surface area contributed by atoms with Gasteiger partial charge in [-0.2, -0.15) is 13.2 Å². The molecule has 1 atom stereocenters. The molecular weight excluding hydrogens is 509 g/mol. The lowest BCUT2D eigenvalue weighted by atomic mass is 10.0. The fourth-order valence-electron chi connectivity index (χ4n) is 4.20. The minimum atomic E-state index is -4.50. The second-order valence-corrected chi connectivity index (χ2v) is 8.99. The summed E-state index contributed by atoms with van der Waals surface area (Å²) in [6, 6.07) is 17.7. The van der Waals surface area contributed by atoms with Crippen LogP contribution in [0.25, 0.3) is 0 Å². The zero-order valence-corrected chi connectivity index (χ0v) is 20.3. The number of ether oxygens (including phenoxy) is 1. The van der Waals surface area contributed by atoms with Crippen molar-refractivity contribution in [1.29, 1.82) is 0 Å². The second kappa shape index (κ2) is 9.83. The van der Waals surface area contributed by atoms with Gasteiger partial charge >= 0.3 is 12.2 Å². The summed E-state index contributed by atoms with van der Waals surface area (Å²) in [6.45, 7) is 0.327. The van der Waals surface area contributed by atoms with Gasteiger partial charge < -0.3 is 9.64 Å². The molecule has 2 heterocycles. The molecule has 1 unspecified atom stereocenters. The van der Waals surface area contributed by atoms with E-state index in [-0.39, 0.29) is 19.1 Å². The van der Waals surface area contributed by atoms with Gasteiger partial charge in [0.1, 0.15) is 11.5 Å². The summed E-state index contributed by atoms with van der Waals surface area (Å²) in [5, 5.41) is 6.22. The molecule has 1 saturated heterocycles. The topological polar surface area (TPSA) is 72.4 Å². The molecule has 0 aromatic heterocycles. The summed E-state index contributed by atoms with van der Waals surface area (Å²) in [5.74, 6) is 1.63. The highest BCUT2D eigenvalue weighted by atomic mass is 35.5. The van der Waals surface area contributed by atoms with Crippen LogP contribution in [-0.2, 0) is 6.18 Å². The summed E-state index contributed by atoms with van der Waals surface area (Å²) < 4.78 is 46.1. The minimum absolute atomic E-state index is 0.153. The van der Waals surface area contributed by atoms with Crippen LogP contribution < -0.4 is 20.6 Å². The van der Waals surface area contributed by atoms with Gasteiger partial charge in [0.05, 0.1) is 18.2 Å². The smallest absolute Gasteiger partial charge is 0.416 e. The van der Waals surface area contributed by atoms with E-state index in [1.54, 1.807) is 61.6 Å². The molecule has 2 aliphatic rings. The van der Waals surface area contributed by atoms with Crippen LogP contribution in [0.3, 0.4) is 0 Å². The summed E-state index contributed by atoms with van der Waals surface area (Å²) >= 11 is 5.92. The Morgan fingerprint density at radius 3 is 2.35 bits per heavy atom. The Hall–Kier alpha value is -3.96. The first-order valence-corrected chi connectivity index (χ1v) is 11.7. The maximum atomic E-state index is 13.5. The quantitative estimate of drug-likeness (QED) is 0.446. The van der Waals surface area contributed by atoms with Gasteiger partial charge in [0.25, 0.3) is 0 Å². The Labute approximate surface area is 215 Å². The van der Waals surface area contributed by atoms with Crippen LogP contribution in [0.4, 0.5) is 23.7 Å². The lowest BCUT2D eigenvalue weighted by Crippen LogP contribution is -2.43. The van der Waals surface area contributed by atoms with E-state index in [0.717, 1.165) is 12.1 Å². The number of hydrogen-bond acceptors (Lipinski definition) is 6. The van der Waals surface area contributed by atoms with Gasteiger partial charge in [-0.3, -0.25) is 10.3 Å². The molecule has 3 aromatic carbocycles. The maximum absolute atomic E-state index is 13.5. The standard InChI is InChI=1S/C25H22ClF3N6O2/c1-33-31-23(30-32-33)15-34-14-22(16-3-2-4-17(13-16)25(27,28)29)35(24(34)36)19-7-11-21(12-8-19)37-20-9-5-18(26)6-10-20/h2-13,22,32H,14-15H2,1H3,(H,30,31). The molecule has 0 spiro atoms. The van der Waals surface area contributed by atoms with Gasteiger partial charge in [-0.25, -0.2) is 10.3 Å². The number of anilines is 1. The lowest BCUT2D eigenvalue weighted by molar-refractivity contribution is -0.137. The first kappa shape index (κ1) is 24.7.